The molecule has 0 atom stereocenters. The molecule has 0 heterocycles. The summed E-state index contributed by atoms with van der Waals surface area (Å²) in [5.74, 6) is 2.44. The van der Waals surface area contributed by atoms with Crippen LogP contribution in [-0.4, -0.2) is 27.1 Å². The Hall–Kier alpha value is -3.73. The summed E-state index contributed by atoms with van der Waals surface area (Å²) in [6, 6.07) is 20.4. The van der Waals surface area contributed by atoms with Gasteiger partial charge in [0.25, 0.3) is 0 Å². The van der Waals surface area contributed by atoms with Crippen LogP contribution in [0.25, 0.3) is 6.08 Å². The van der Waals surface area contributed by atoms with Crippen molar-refractivity contribution in [1.82, 2.24) is 0 Å². The predicted molar refractivity (Wildman–Crippen MR) is 112 cm³/mol. The van der Waals surface area contributed by atoms with E-state index in [0.717, 1.165) is 11.3 Å². The highest BCUT2D eigenvalue weighted by molar-refractivity contribution is 6.09. The molecule has 0 saturated carbocycles. The number of methoxy groups -OCH3 is 3. The predicted octanol–water partition coefficient (Wildman–Crippen LogP) is 5.40. The molecular formula is C24H22O5. The summed E-state index contributed by atoms with van der Waals surface area (Å²) < 4.78 is 21.8. The second kappa shape index (κ2) is 9.46. The van der Waals surface area contributed by atoms with E-state index in [1.807, 2.05) is 54.6 Å². The standard InChI is InChI=1S/C24H22O5/c1-26-22-15-13-20(23(27-2)24(22)28-3)21(25)14-12-17-8-7-11-19(16-17)29-18-9-5-4-6-10-18/h4-16H,1-3H3. The summed E-state index contributed by atoms with van der Waals surface area (Å²) in [6.45, 7) is 0. The Morgan fingerprint density at radius 3 is 2.17 bits per heavy atom. The maximum Gasteiger partial charge on any atom is 0.204 e. The van der Waals surface area contributed by atoms with Gasteiger partial charge in [-0.1, -0.05) is 36.4 Å². The van der Waals surface area contributed by atoms with Crippen molar-refractivity contribution in [2.24, 2.45) is 0 Å². The highest BCUT2D eigenvalue weighted by atomic mass is 16.5. The minimum Gasteiger partial charge on any atom is -0.493 e. The number of carbonyl (C=O) groups excluding carboxylic acids is 1. The number of carbonyl (C=O) groups is 1. The van der Waals surface area contributed by atoms with Crippen molar-refractivity contribution in [3.63, 3.8) is 0 Å². The van der Waals surface area contributed by atoms with Crippen LogP contribution in [0.1, 0.15) is 15.9 Å². The molecule has 3 aromatic carbocycles. The molecule has 0 aliphatic carbocycles. The summed E-state index contributed by atoms with van der Waals surface area (Å²) in [4.78, 5) is 12.7. The van der Waals surface area contributed by atoms with Gasteiger partial charge in [-0.25, -0.2) is 0 Å². The molecule has 0 aliphatic heterocycles. The third-order valence-corrected chi connectivity index (χ3v) is 4.23. The average molecular weight is 390 g/mol. The smallest absolute Gasteiger partial charge is 0.204 e. The van der Waals surface area contributed by atoms with Crippen molar-refractivity contribution in [2.45, 2.75) is 0 Å². The van der Waals surface area contributed by atoms with Crippen molar-refractivity contribution in [3.8, 4) is 28.7 Å². The Labute approximate surface area is 170 Å². The molecule has 3 rings (SSSR count). The lowest BCUT2D eigenvalue weighted by molar-refractivity contribution is 0.104. The van der Waals surface area contributed by atoms with Crippen molar-refractivity contribution in [3.05, 3.63) is 83.9 Å². The largest absolute Gasteiger partial charge is 0.493 e. The number of benzene rings is 3. The van der Waals surface area contributed by atoms with Crippen LogP contribution in [0.2, 0.25) is 0 Å². The fourth-order valence-electron chi connectivity index (χ4n) is 2.86. The van der Waals surface area contributed by atoms with Crippen molar-refractivity contribution in [2.75, 3.05) is 21.3 Å². The first-order chi connectivity index (χ1) is 14.2. The van der Waals surface area contributed by atoms with Crippen LogP contribution in [-0.2, 0) is 0 Å². The molecule has 5 nitrogen and oxygen atoms in total. The Balaban J connectivity index is 1.82. The fourth-order valence-corrected chi connectivity index (χ4v) is 2.86. The van der Waals surface area contributed by atoms with E-state index in [4.69, 9.17) is 18.9 Å². The normalized spacial score (nSPS) is 10.6. The zero-order valence-corrected chi connectivity index (χ0v) is 16.5. The Morgan fingerprint density at radius 1 is 0.759 bits per heavy atom. The Bertz CT molecular complexity index is 1010. The summed E-state index contributed by atoms with van der Waals surface area (Å²) in [5.41, 5.74) is 1.23. The third kappa shape index (κ3) is 4.76. The number of ether oxygens (including phenoxy) is 4. The number of rotatable bonds is 8. The van der Waals surface area contributed by atoms with Gasteiger partial charge in [-0.2, -0.15) is 0 Å². The number of hydrogen-bond acceptors (Lipinski definition) is 5. The van der Waals surface area contributed by atoms with Gasteiger partial charge in [-0.3, -0.25) is 4.79 Å². The van der Waals surface area contributed by atoms with E-state index in [-0.39, 0.29) is 5.78 Å². The molecule has 0 spiro atoms. The van der Waals surface area contributed by atoms with E-state index >= 15 is 0 Å². The molecule has 0 aromatic heterocycles. The fraction of sp³-hybridized carbons (Fsp3) is 0.125. The van der Waals surface area contributed by atoms with Crippen molar-refractivity contribution < 1.29 is 23.7 Å². The molecule has 0 fully saturated rings. The van der Waals surface area contributed by atoms with Crippen LogP contribution in [0.4, 0.5) is 0 Å². The van der Waals surface area contributed by atoms with Crippen LogP contribution in [0, 0.1) is 0 Å². The second-order valence-electron chi connectivity index (χ2n) is 6.07. The lowest BCUT2D eigenvalue weighted by Gasteiger charge is -2.14. The summed E-state index contributed by atoms with van der Waals surface area (Å²) in [5, 5.41) is 0. The van der Waals surface area contributed by atoms with Gasteiger partial charge >= 0.3 is 0 Å². The van der Waals surface area contributed by atoms with E-state index in [1.165, 1.54) is 27.4 Å². The van der Waals surface area contributed by atoms with E-state index in [1.54, 1.807) is 18.2 Å². The van der Waals surface area contributed by atoms with Gasteiger partial charge in [0.15, 0.2) is 17.3 Å². The number of ketones is 1. The van der Waals surface area contributed by atoms with E-state index < -0.39 is 0 Å². The molecule has 0 amide bonds. The van der Waals surface area contributed by atoms with E-state index in [9.17, 15) is 4.79 Å². The number of hydrogen-bond donors (Lipinski definition) is 0. The Morgan fingerprint density at radius 2 is 1.48 bits per heavy atom. The topological polar surface area (TPSA) is 54.0 Å². The maximum absolute atomic E-state index is 12.7. The van der Waals surface area contributed by atoms with Crippen molar-refractivity contribution in [1.29, 1.82) is 0 Å². The molecule has 0 unspecified atom stereocenters. The van der Waals surface area contributed by atoms with Crippen LogP contribution in [0.15, 0.2) is 72.8 Å². The van der Waals surface area contributed by atoms with Gasteiger partial charge in [-0.15, -0.1) is 0 Å². The zero-order chi connectivity index (χ0) is 20.6. The summed E-state index contributed by atoms with van der Waals surface area (Å²) in [6.07, 6.45) is 3.22. The van der Waals surface area contributed by atoms with Gasteiger partial charge in [0.05, 0.1) is 26.9 Å². The molecule has 0 saturated heterocycles. The van der Waals surface area contributed by atoms with E-state index in [0.29, 0.717) is 28.6 Å². The second-order valence-corrected chi connectivity index (χ2v) is 6.07. The van der Waals surface area contributed by atoms with Gasteiger partial charge in [0.1, 0.15) is 11.5 Å². The first kappa shape index (κ1) is 20.0. The molecule has 5 heteroatoms. The van der Waals surface area contributed by atoms with Gasteiger partial charge in [-0.05, 0) is 48.0 Å². The quantitative estimate of drug-likeness (QED) is 0.381. The highest BCUT2D eigenvalue weighted by Gasteiger charge is 2.19. The monoisotopic (exact) mass is 390 g/mol. The number of allylic oxidation sites excluding steroid dienone is 1. The first-order valence-electron chi connectivity index (χ1n) is 9.00. The molecular weight excluding hydrogens is 368 g/mol. The minimum absolute atomic E-state index is 0.211. The van der Waals surface area contributed by atoms with Crippen LogP contribution >= 0.6 is 0 Å². The van der Waals surface area contributed by atoms with Gasteiger partial charge in [0, 0.05) is 0 Å². The minimum atomic E-state index is -0.211. The van der Waals surface area contributed by atoms with Crippen LogP contribution in [0.3, 0.4) is 0 Å². The molecule has 0 N–H and O–H groups in total. The van der Waals surface area contributed by atoms with E-state index in [2.05, 4.69) is 0 Å². The lowest BCUT2D eigenvalue weighted by atomic mass is 10.1. The average Bonchev–Trinajstić information content (AvgIpc) is 2.77. The van der Waals surface area contributed by atoms with Crippen LogP contribution in [0.5, 0.6) is 28.7 Å². The molecule has 29 heavy (non-hydrogen) atoms. The molecule has 148 valence electrons. The zero-order valence-electron chi connectivity index (χ0n) is 16.5. The SMILES string of the molecule is COc1ccc(C(=O)C=Cc2cccc(Oc3ccccc3)c2)c(OC)c1OC. The maximum atomic E-state index is 12.7. The van der Waals surface area contributed by atoms with Crippen LogP contribution < -0.4 is 18.9 Å². The third-order valence-electron chi connectivity index (χ3n) is 4.23. The number of para-hydroxylation sites is 1. The molecule has 0 aliphatic rings. The summed E-state index contributed by atoms with van der Waals surface area (Å²) in [7, 11) is 4.52. The molecule has 0 radical (unpaired) electrons. The lowest BCUT2D eigenvalue weighted by Crippen LogP contribution is -2.02. The van der Waals surface area contributed by atoms with Gasteiger partial charge in [0.2, 0.25) is 5.75 Å². The Kier molecular flexibility index (Phi) is 6.53. The van der Waals surface area contributed by atoms with Crippen molar-refractivity contribution >= 4 is 11.9 Å². The highest BCUT2D eigenvalue weighted by Crippen LogP contribution is 2.40. The first-order valence-corrected chi connectivity index (χ1v) is 9.00. The molecule has 3 aromatic rings. The van der Waals surface area contributed by atoms with Gasteiger partial charge < -0.3 is 18.9 Å². The summed E-state index contributed by atoms with van der Waals surface area (Å²) >= 11 is 0. The molecule has 0 bridgehead atoms.